The molecule has 1 unspecified atom stereocenters. The second kappa shape index (κ2) is 14.3. The molecule has 0 aromatic heterocycles. The monoisotopic (exact) mass is 555 g/mol. The van der Waals surface area contributed by atoms with Gasteiger partial charge in [0, 0.05) is 19.4 Å². The minimum atomic E-state index is -1.04. The minimum absolute atomic E-state index is 0.0494. The number of hydrogen-bond donors (Lipinski definition) is 2. The van der Waals surface area contributed by atoms with Crippen LogP contribution < -0.4 is 10.6 Å². The smallest absolute Gasteiger partial charge is 0.262 e. The van der Waals surface area contributed by atoms with Gasteiger partial charge >= 0.3 is 0 Å². The fourth-order valence-corrected chi connectivity index (χ4v) is 4.90. The van der Waals surface area contributed by atoms with Crippen LogP contribution in [0.4, 0.5) is 0 Å². The highest BCUT2D eigenvalue weighted by molar-refractivity contribution is 6.24. The number of unbranched alkanes of at least 4 members (excludes halogenated alkanes) is 6. The predicted molar refractivity (Wildman–Crippen MR) is 147 cm³/mol. The third-order valence-corrected chi connectivity index (χ3v) is 7.03. The van der Waals surface area contributed by atoms with Gasteiger partial charge in [0.05, 0.1) is 23.1 Å². The molecule has 0 spiro atoms. The Labute approximate surface area is 235 Å². The first-order chi connectivity index (χ1) is 19.0. The Morgan fingerprint density at radius 1 is 0.975 bits per heavy atom. The van der Waals surface area contributed by atoms with E-state index in [1.807, 2.05) is 20.8 Å². The van der Waals surface area contributed by atoms with Crippen molar-refractivity contribution in [2.24, 2.45) is 0 Å². The molecule has 5 amide bonds. The third-order valence-electron chi connectivity index (χ3n) is 7.03. The molecule has 0 saturated carbocycles. The van der Waals surface area contributed by atoms with Gasteiger partial charge in [0.15, 0.2) is 5.78 Å². The maximum atomic E-state index is 13.1. The van der Waals surface area contributed by atoms with E-state index < -0.39 is 29.7 Å². The fourth-order valence-electron chi connectivity index (χ4n) is 4.90. The lowest BCUT2D eigenvalue weighted by Gasteiger charge is -2.27. The Morgan fingerprint density at radius 2 is 1.65 bits per heavy atom. The number of piperidine rings is 1. The maximum absolute atomic E-state index is 13.1. The average molecular weight is 556 g/mol. The van der Waals surface area contributed by atoms with Crippen molar-refractivity contribution in [3.05, 3.63) is 34.9 Å². The third kappa shape index (κ3) is 8.81. The molecule has 10 heteroatoms. The first kappa shape index (κ1) is 31.1. The van der Waals surface area contributed by atoms with Crippen LogP contribution in [0.2, 0.25) is 0 Å². The lowest BCUT2D eigenvalue weighted by Crippen LogP contribution is -2.54. The lowest BCUT2D eigenvalue weighted by atomic mass is 10.00. The van der Waals surface area contributed by atoms with Crippen LogP contribution in [0.25, 0.3) is 0 Å². The Balaban J connectivity index is 1.33. The number of fused-ring (bicyclic) bond motifs is 1. The number of amides is 5. The number of ether oxygens (including phenoxy) is 1. The van der Waals surface area contributed by atoms with Crippen LogP contribution >= 0.6 is 0 Å². The topological polar surface area (TPSA) is 139 Å². The summed E-state index contributed by atoms with van der Waals surface area (Å²) in [6, 6.07) is 3.74. The van der Waals surface area contributed by atoms with E-state index in [0.717, 1.165) is 49.8 Å². The Morgan fingerprint density at radius 3 is 2.33 bits per heavy atom. The van der Waals surface area contributed by atoms with Crippen LogP contribution in [-0.2, 0) is 30.3 Å². The summed E-state index contributed by atoms with van der Waals surface area (Å²) in [6.45, 7) is 6.51. The van der Waals surface area contributed by atoms with Crippen LogP contribution in [0.15, 0.2) is 18.2 Å². The van der Waals surface area contributed by atoms with E-state index in [0.29, 0.717) is 18.5 Å². The first-order valence-corrected chi connectivity index (χ1v) is 14.2. The molecule has 218 valence electrons. The van der Waals surface area contributed by atoms with Gasteiger partial charge in [-0.3, -0.25) is 39.0 Å². The van der Waals surface area contributed by atoms with Crippen molar-refractivity contribution in [3.8, 4) is 0 Å². The minimum Gasteiger partial charge on any atom is -0.368 e. The van der Waals surface area contributed by atoms with Gasteiger partial charge in [-0.25, -0.2) is 0 Å². The molecule has 0 radical (unpaired) electrons. The summed E-state index contributed by atoms with van der Waals surface area (Å²) in [4.78, 5) is 75.1. The van der Waals surface area contributed by atoms with E-state index in [4.69, 9.17) is 4.74 Å². The predicted octanol–water partition coefficient (Wildman–Crippen LogP) is 3.25. The molecule has 2 heterocycles. The number of rotatable bonds is 15. The molecule has 2 aliphatic heterocycles. The second-order valence-corrected chi connectivity index (χ2v) is 11.5. The van der Waals surface area contributed by atoms with Crippen molar-refractivity contribution < 1.29 is 33.5 Å². The van der Waals surface area contributed by atoms with Crippen molar-refractivity contribution >= 4 is 35.3 Å². The van der Waals surface area contributed by atoms with Crippen LogP contribution in [0, 0.1) is 0 Å². The number of nitrogens with zero attached hydrogens (tertiary/aromatic N) is 1. The number of carbonyl (C=O) groups is 6. The van der Waals surface area contributed by atoms with Crippen LogP contribution in [0.5, 0.6) is 0 Å². The average Bonchev–Trinajstić information content (AvgIpc) is 3.14. The highest BCUT2D eigenvalue weighted by Crippen LogP contribution is 2.30. The normalized spacial score (nSPS) is 17.2. The molecule has 1 atom stereocenters. The van der Waals surface area contributed by atoms with Gasteiger partial charge in [0.1, 0.15) is 12.6 Å². The molecule has 1 aromatic rings. The van der Waals surface area contributed by atoms with Gasteiger partial charge in [-0.05, 0) is 51.7 Å². The van der Waals surface area contributed by atoms with Gasteiger partial charge < -0.3 is 10.1 Å². The second-order valence-electron chi connectivity index (χ2n) is 11.5. The highest BCUT2D eigenvalue weighted by Gasteiger charge is 2.45. The zero-order chi connectivity index (χ0) is 29.3. The van der Waals surface area contributed by atoms with Gasteiger partial charge in [0.2, 0.25) is 17.7 Å². The van der Waals surface area contributed by atoms with Gasteiger partial charge in [-0.1, -0.05) is 44.2 Å². The van der Waals surface area contributed by atoms with E-state index >= 15 is 0 Å². The zero-order valence-corrected chi connectivity index (χ0v) is 23.8. The van der Waals surface area contributed by atoms with E-state index in [-0.39, 0.29) is 54.3 Å². The molecule has 2 N–H and O–H groups in total. The van der Waals surface area contributed by atoms with Gasteiger partial charge in [0.25, 0.3) is 11.8 Å². The summed E-state index contributed by atoms with van der Waals surface area (Å²) in [7, 11) is 0. The summed E-state index contributed by atoms with van der Waals surface area (Å²) in [5.74, 6) is -2.39. The zero-order valence-electron chi connectivity index (χ0n) is 23.8. The number of Topliss-reactive ketones (excluding diaryl/α,β-unsaturated/α-hetero) is 1. The number of benzene rings is 1. The van der Waals surface area contributed by atoms with Crippen molar-refractivity contribution in [2.75, 3.05) is 13.2 Å². The van der Waals surface area contributed by atoms with E-state index in [1.165, 1.54) is 6.07 Å². The van der Waals surface area contributed by atoms with Crippen molar-refractivity contribution in [1.29, 1.82) is 0 Å². The molecular formula is C30H41N3O7. The molecule has 1 saturated heterocycles. The largest absolute Gasteiger partial charge is 0.368 e. The lowest BCUT2D eigenvalue weighted by molar-refractivity contribution is -0.136. The molecule has 1 fully saturated rings. The molecule has 3 rings (SSSR count). The van der Waals surface area contributed by atoms with E-state index in [2.05, 4.69) is 10.6 Å². The summed E-state index contributed by atoms with van der Waals surface area (Å²) in [5, 5.41) is 5.06. The number of carbonyl (C=O) groups excluding carboxylic acids is 6. The van der Waals surface area contributed by atoms with Crippen molar-refractivity contribution in [1.82, 2.24) is 15.5 Å². The number of imide groups is 2. The molecule has 40 heavy (non-hydrogen) atoms. The number of nitrogens with one attached hydrogen (secondary N) is 2. The first-order valence-electron chi connectivity index (χ1n) is 14.2. The maximum Gasteiger partial charge on any atom is 0.262 e. The van der Waals surface area contributed by atoms with Crippen LogP contribution in [-0.4, -0.2) is 65.0 Å². The van der Waals surface area contributed by atoms with Crippen LogP contribution in [0.3, 0.4) is 0 Å². The molecular weight excluding hydrogens is 514 g/mol. The van der Waals surface area contributed by atoms with Gasteiger partial charge in [-0.2, -0.15) is 0 Å². The van der Waals surface area contributed by atoms with E-state index in [9.17, 15) is 28.8 Å². The SMILES string of the molecule is CC(C)(C)OCC(=O)CCCCCCCCCNC(=O)Cc1cccc2c1C(=O)N(C1CCC(=O)NC1=O)C2=O. The standard InChI is InChI=1S/C30H41N3O7/c1-30(2,3)40-19-21(34)13-9-7-5-4-6-8-10-17-31-25(36)18-20-12-11-14-22-26(20)29(39)33(28(22)38)23-15-16-24(35)32-27(23)37/h11-12,14,23H,4-10,13,15-19H2,1-3H3,(H,31,36)(H,32,35,37). The quantitative estimate of drug-likeness (QED) is 0.250. The molecule has 0 bridgehead atoms. The Kier molecular flexibility index (Phi) is 11.1. The van der Waals surface area contributed by atoms with E-state index in [1.54, 1.807) is 12.1 Å². The van der Waals surface area contributed by atoms with Gasteiger partial charge in [-0.15, -0.1) is 0 Å². The number of ketones is 1. The number of hydrogen-bond acceptors (Lipinski definition) is 7. The van der Waals surface area contributed by atoms with Crippen molar-refractivity contribution in [2.45, 2.75) is 103 Å². The molecule has 10 nitrogen and oxygen atoms in total. The summed E-state index contributed by atoms with van der Waals surface area (Å²) < 4.78 is 5.50. The summed E-state index contributed by atoms with van der Waals surface area (Å²) in [5.41, 5.74) is 0.460. The van der Waals surface area contributed by atoms with Crippen LogP contribution in [0.1, 0.15) is 111 Å². The fraction of sp³-hybridized carbons (Fsp3) is 0.600. The Bertz CT molecular complexity index is 1140. The molecule has 1 aromatic carbocycles. The highest BCUT2D eigenvalue weighted by atomic mass is 16.5. The summed E-state index contributed by atoms with van der Waals surface area (Å²) in [6.07, 6.45) is 7.55. The van der Waals surface area contributed by atoms with Crippen molar-refractivity contribution in [3.63, 3.8) is 0 Å². The molecule has 2 aliphatic rings. The molecule has 0 aliphatic carbocycles. The summed E-state index contributed by atoms with van der Waals surface area (Å²) >= 11 is 0. The Hall–Kier alpha value is -3.40.